The number of benzene rings is 2. The Kier molecular flexibility index (Phi) is 4.81. The summed E-state index contributed by atoms with van der Waals surface area (Å²) >= 11 is 6.18. The number of hydrogen-bond acceptors (Lipinski definition) is 2. The molecule has 0 saturated carbocycles. The van der Waals surface area contributed by atoms with E-state index in [2.05, 4.69) is 38.3 Å². The zero-order valence-electron chi connectivity index (χ0n) is 14.6. The molecule has 24 heavy (non-hydrogen) atoms. The summed E-state index contributed by atoms with van der Waals surface area (Å²) in [6.07, 6.45) is 0. The molecule has 4 heteroatoms. The molecule has 0 fully saturated rings. The Balaban J connectivity index is 1.94. The van der Waals surface area contributed by atoms with Crippen molar-refractivity contribution in [3.8, 4) is 5.75 Å². The van der Waals surface area contributed by atoms with Crippen LogP contribution in [0, 0.1) is 19.8 Å². The highest BCUT2D eigenvalue weighted by atomic mass is 35.5. The minimum absolute atomic E-state index is 0.448. The normalized spacial score (nSPS) is 11.4. The summed E-state index contributed by atoms with van der Waals surface area (Å²) < 4.78 is 8.29. The monoisotopic (exact) mass is 342 g/mol. The first-order chi connectivity index (χ1) is 11.5. The van der Waals surface area contributed by atoms with E-state index in [4.69, 9.17) is 21.3 Å². The average Bonchev–Trinajstić information content (AvgIpc) is 2.85. The number of hydrogen-bond donors (Lipinski definition) is 0. The van der Waals surface area contributed by atoms with Gasteiger partial charge >= 0.3 is 0 Å². The van der Waals surface area contributed by atoms with Gasteiger partial charge < -0.3 is 9.30 Å². The Bertz CT molecular complexity index is 867. The van der Waals surface area contributed by atoms with Gasteiger partial charge in [0.1, 0.15) is 18.2 Å². The predicted molar refractivity (Wildman–Crippen MR) is 99.8 cm³/mol. The summed E-state index contributed by atoms with van der Waals surface area (Å²) in [5, 5.41) is 0.731. The maximum absolute atomic E-state index is 6.18. The summed E-state index contributed by atoms with van der Waals surface area (Å²) in [6.45, 7) is 9.92. The molecule has 3 nitrogen and oxygen atoms in total. The molecule has 0 spiro atoms. The van der Waals surface area contributed by atoms with Crippen LogP contribution in [0.1, 0.15) is 30.8 Å². The molecule has 0 aliphatic heterocycles. The molecule has 0 saturated heterocycles. The minimum Gasteiger partial charge on any atom is -0.485 e. The molecule has 1 aromatic heterocycles. The fraction of sp³-hybridized carbons (Fsp3) is 0.350. The standard InChI is InChI=1S/C20H23ClN2O/c1-13(2)11-23-18-10-16(21)8-9-17(18)22-20(23)12-24-19-7-5-6-14(3)15(19)4/h5-10,13H,11-12H2,1-4H3. The molecule has 2 aromatic carbocycles. The maximum Gasteiger partial charge on any atom is 0.148 e. The zero-order chi connectivity index (χ0) is 17.3. The first-order valence-corrected chi connectivity index (χ1v) is 8.67. The second-order valence-corrected chi connectivity index (χ2v) is 7.09. The SMILES string of the molecule is Cc1cccc(OCc2nc3ccc(Cl)cc3n2CC(C)C)c1C. The van der Waals surface area contributed by atoms with Crippen molar-refractivity contribution >= 4 is 22.6 Å². The molecule has 3 rings (SSSR count). The van der Waals surface area contributed by atoms with Crippen molar-refractivity contribution in [2.24, 2.45) is 5.92 Å². The van der Waals surface area contributed by atoms with Gasteiger partial charge in [-0.25, -0.2) is 4.98 Å². The zero-order valence-corrected chi connectivity index (χ0v) is 15.4. The highest BCUT2D eigenvalue weighted by molar-refractivity contribution is 6.31. The lowest BCUT2D eigenvalue weighted by molar-refractivity contribution is 0.285. The van der Waals surface area contributed by atoms with Crippen LogP contribution < -0.4 is 4.74 Å². The van der Waals surface area contributed by atoms with Gasteiger partial charge in [-0.1, -0.05) is 37.6 Å². The second-order valence-electron chi connectivity index (χ2n) is 6.65. The van der Waals surface area contributed by atoms with Gasteiger partial charge in [0.25, 0.3) is 0 Å². The highest BCUT2D eigenvalue weighted by Crippen LogP contribution is 2.25. The lowest BCUT2D eigenvalue weighted by Gasteiger charge is -2.14. The van der Waals surface area contributed by atoms with E-state index in [-0.39, 0.29) is 0 Å². The van der Waals surface area contributed by atoms with Gasteiger partial charge in [0, 0.05) is 11.6 Å². The van der Waals surface area contributed by atoms with Gasteiger partial charge in [-0.05, 0) is 55.2 Å². The van der Waals surface area contributed by atoms with Crippen LogP contribution in [0.15, 0.2) is 36.4 Å². The number of aromatic nitrogens is 2. The summed E-state index contributed by atoms with van der Waals surface area (Å²) in [4.78, 5) is 4.75. The molecule has 1 heterocycles. The Labute approximate surface area is 148 Å². The van der Waals surface area contributed by atoms with E-state index < -0.39 is 0 Å². The van der Waals surface area contributed by atoms with Crippen molar-refractivity contribution in [2.75, 3.05) is 0 Å². The molecule has 3 aromatic rings. The van der Waals surface area contributed by atoms with Crippen molar-refractivity contribution in [1.29, 1.82) is 0 Å². The molecule has 126 valence electrons. The smallest absolute Gasteiger partial charge is 0.148 e. The topological polar surface area (TPSA) is 27.1 Å². The summed E-state index contributed by atoms with van der Waals surface area (Å²) in [7, 11) is 0. The molecular weight excluding hydrogens is 320 g/mol. The number of rotatable bonds is 5. The fourth-order valence-electron chi connectivity index (χ4n) is 2.85. The van der Waals surface area contributed by atoms with E-state index >= 15 is 0 Å². The highest BCUT2D eigenvalue weighted by Gasteiger charge is 2.13. The molecule has 0 aliphatic rings. The van der Waals surface area contributed by atoms with E-state index in [1.807, 2.05) is 30.3 Å². The van der Waals surface area contributed by atoms with E-state index in [1.165, 1.54) is 11.1 Å². The van der Waals surface area contributed by atoms with E-state index in [9.17, 15) is 0 Å². The largest absolute Gasteiger partial charge is 0.485 e. The van der Waals surface area contributed by atoms with Crippen LogP contribution in [0.3, 0.4) is 0 Å². The third-order valence-electron chi connectivity index (χ3n) is 4.25. The number of ether oxygens (including phenoxy) is 1. The van der Waals surface area contributed by atoms with Gasteiger partial charge in [0.05, 0.1) is 11.0 Å². The number of nitrogens with zero attached hydrogens (tertiary/aromatic N) is 2. The fourth-order valence-corrected chi connectivity index (χ4v) is 3.01. The first-order valence-electron chi connectivity index (χ1n) is 8.29. The van der Waals surface area contributed by atoms with E-state index in [0.717, 1.165) is 34.2 Å². The van der Waals surface area contributed by atoms with Crippen molar-refractivity contribution in [1.82, 2.24) is 9.55 Å². The Morgan fingerprint density at radius 3 is 2.71 bits per heavy atom. The third kappa shape index (κ3) is 3.41. The Hall–Kier alpha value is -2.00. The van der Waals surface area contributed by atoms with Gasteiger partial charge in [-0.3, -0.25) is 0 Å². The van der Waals surface area contributed by atoms with Crippen molar-refractivity contribution in [3.05, 3.63) is 58.4 Å². The molecule has 0 unspecified atom stereocenters. The van der Waals surface area contributed by atoms with Crippen molar-refractivity contribution < 1.29 is 4.74 Å². The number of imidazole rings is 1. The lowest BCUT2D eigenvalue weighted by Crippen LogP contribution is -2.11. The summed E-state index contributed by atoms with van der Waals surface area (Å²) in [5.74, 6) is 2.36. The van der Waals surface area contributed by atoms with Gasteiger partial charge in [-0.2, -0.15) is 0 Å². The van der Waals surface area contributed by atoms with Crippen LogP contribution in [-0.2, 0) is 13.2 Å². The van der Waals surface area contributed by atoms with Crippen LogP contribution in [0.25, 0.3) is 11.0 Å². The predicted octanol–water partition coefficient (Wildman–Crippen LogP) is 5.54. The molecular formula is C20H23ClN2O. The Morgan fingerprint density at radius 2 is 1.96 bits per heavy atom. The molecule has 0 aliphatic carbocycles. The molecule has 0 atom stereocenters. The van der Waals surface area contributed by atoms with Gasteiger partial charge in [0.15, 0.2) is 0 Å². The van der Waals surface area contributed by atoms with Crippen LogP contribution in [-0.4, -0.2) is 9.55 Å². The summed E-state index contributed by atoms with van der Waals surface area (Å²) in [6, 6.07) is 12.0. The van der Waals surface area contributed by atoms with Crippen LogP contribution in [0.5, 0.6) is 5.75 Å². The van der Waals surface area contributed by atoms with E-state index in [0.29, 0.717) is 12.5 Å². The van der Waals surface area contributed by atoms with Crippen LogP contribution in [0.2, 0.25) is 5.02 Å². The molecule has 0 N–H and O–H groups in total. The minimum atomic E-state index is 0.448. The van der Waals surface area contributed by atoms with Crippen molar-refractivity contribution in [3.63, 3.8) is 0 Å². The van der Waals surface area contributed by atoms with E-state index in [1.54, 1.807) is 0 Å². The number of fused-ring (bicyclic) bond motifs is 1. The van der Waals surface area contributed by atoms with Gasteiger partial charge in [0.2, 0.25) is 0 Å². The first kappa shape index (κ1) is 16.8. The average molecular weight is 343 g/mol. The third-order valence-corrected chi connectivity index (χ3v) is 4.48. The Morgan fingerprint density at radius 1 is 1.17 bits per heavy atom. The van der Waals surface area contributed by atoms with Crippen molar-refractivity contribution in [2.45, 2.75) is 40.8 Å². The quantitative estimate of drug-likeness (QED) is 0.608. The lowest BCUT2D eigenvalue weighted by atomic mass is 10.1. The molecule has 0 bridgehead atoms. The number of aryl methyl sites for hydroxylation is 1. The van der Waals surface area contributed by atoms with Crippen LogP contribution in [0.4, 0.5) is 0 Å². The molecule has 0 radical (unpaired) electrons. The van der Waals surface area contributed by atoms with Crippen LogP contribution >= 0.6 is 11.6 Å². The van der Waals surface area contributed by atoms with Gasteiger partial charge in [-0.15, -0.1) is 0 Å². The summed E-state index contributed by atoms with van der Waals surface area (Å²) in [5.41, 5.74) is 4.43. The molecule has 0 amide bonds. The second kappa shape index (κ2) is 6.86. The maximum atomic E-state index is 6.18. The number of halogens is 1.